The van der Waals surface area contributed by atoms with Crippen LogP contribution in [0.4, 0.5) is 0 Å². The molecule has 0 N–H and O–H groups in total. The second kappa shape index (κ2) is 7.23. The van der Waals surface area contributed by atoms with Crippen LogP contribution < -0.4 is 5.43 Å². The number of benzene rings is 3. The van der Waals surface area contributed by atoms with Crippen molar-refractivity contribution in [3.05, 3.63) is 82.5 Å². The van der Waals surface area contributed by atoms with Crippen LogP contribution in [-0.2, 0) is 11.3 Å². The Hall–Kier alpha value is -2.95. The first-order chi connectivity index (χ1) is 13.8. The SMILES string of the molecule is O=c1c2ccccc2oc2cc(-c3ccc(CN4CCOCC4)cc3)ccc12. The molecule has 1 aliphatic rings. The highest BCUT2D eigenvalue weighted by Gasteiger charge is 2.11. The number of ether oxygens (including phenoxy) is 1. The monoisotopic (exact) mass is 371 g/mol. The third kappa shape index (κ3) is 3.21. The van der Waals surface area contributed by atoms with E-state index in [0.29, 0.717) is 21.9 Å². The number of nitrogens with zero attached hydrogens (tertiary/aromatic N) is 1. The smallest absolute Gasteiger partial charge is 0.200 e. The van der Waals surface area contributed by atoms with Crippen LogP contribution >= 0.6 is 0 Å². The van der Waals surface area contributed by atoms with Crippen LogP contribution in [0.5, 0.6) is 0 Å². The van der Waals surface area contributed by atoms with E-state index >= 15 is 0 Å². The molecule has 140 valence electrons. The molecule has 0 amide bonds. The molecule has 1 saturated heterocycles. The number of morpholine rings is 1. The van der Waals surface area contributed by atoms with Gasteiger partial charge in [0, 0.05) is 19.6 Å². The van der Waals surface area contributed by atoms with E-state index in [2.05, 4.69) is 29.2 Å². The molecule has 0 bridgehead atoms. The van der Waals surface area contributed by atoms with Crippen LogP contribution in [0.1, 0.15) is 5.56 Å². The average molecular weight is 371 g/mol. The van der Waals surface area contributed by atoms with E-state index in [9.17, 15) is 4.79 Å². The zero-order chi connectivity index (χ0) is 18.9. The maximum atomic E-state index is 12.7. The Morgan fingerprint density at radius 2 is 1.50 bits per heavy atom. The Morgan fingerprint density at radius 1 is 0.786 bits per heavy atom. The zero-order valence-corrected chi connectivity index (χ0v) is 15.6. The molecular formula is C24H21NO3. The second-order valence-corrected chi connectivity index (χ2v) is 7.22. The van der Waals surface area contributed by atoms with Gasteiger partial charge in [0.1, 0.15) is 11.2 Å². The Labute approximate surface area is 163 Å². The van der Waals surface area contributed by atoms with Gasteiger partial charge in [-0.1, -0.05) is 42.5 Å². The van der Waals surface area contributed by atoms with Gasteiger partial charge in [0.2, 0.25) is 5.43 Å². The lowest BCUT2D eigenvalue weighted by atomic mass is 10.0. The van der Waals surface area contributed by atoms with Crippen molar-refractivity contribution in [3.63, 3.8) is 0 Å². The lowest BCUT2D eigenvalue weighted by Gasteiger charge is -2.26. The van der Waals surface area contributed by atoms with E-state index in [0.717, 1.165) is 44.0 Å². The highest BCUT2D eigenvalue weighted by Crippen LogP contribution is 2.26. The van der Waals surface area contributed by atoms with Crippen molar-refractivity contribution in [1.29, 1.82) is 0 Å². The van der Waals surface area contributed by atoms with E-state index in [-0.39, 0.29) is 5.43 Å². The van der Waals surface area contributed by atoms with Crippen LogP contribution in [0.3, 0.4) is 0 Å². The van der Waals surface area contributed by atoms with Gasteiger partial charge in [0.25, 0.3) is 0 Å². The van der Waals surface area contributed by atoms with Gasteiger partial charge >= 0.3 is 0 Å². The molecule has 1 aromatic heterocycles. The Bertz CT molecular complexity index is 1190. The number of para-hydroxylation sites is 1. The fourth-order valence-corrected chi connectivity index (χ4v) is 3.80. The number of rotatable bonds is 3. The Balaban J connectivity index is 1.47. The summed E-state index contributed by atoms with van der Waals surface area (Å²) in [5, 5.41) is 1.24. The van der Waals surface area contributed by atoms with E-state index in [1.807, 2.05) is 42.5 Å². The maximum Gasteiger partial charge on any atom is 0.200 e. The highest BCUT2D eigenvalue weighted by atomic mass is 16.5. The van der Waals surface area contributed by atoms with Crippen LogP contribution in [0, 0.1) is 0 Å². The van der Waals surface area contributed by atoms with Gasteiger partial charge in [-0.15, -0.1) is 0 Å². The molecule has 0 aliphatic carbocycles. The van der Waals surface area contributed by atoms with Crippen molar-refractivity contribution in [2.75, 3.05) is 26.3 Å². The van der Waals surface area contributed by atoms with E-state index in [1.54, 1.807) is 0 Å². The first-order valence-corrected chi connectivity index (χ1v) is 9.63. The van der Waals surface area contributed by atoms with E-state index < -0.39 is 0 Å². The van der Waals surface area contributed by atoms with Gasteiger partial charge in [0.05, 0.1) is 24.0 Å². The van der Waals surface area contributed by atoms with E-state index in [4.69, 9.17) is 9.15 Å². The molecule has 0 atom stereocenters. The summed E-state index contributed by atoms with van der Waals surface area (Å²) < 4.78 is 11.4. The molecule has 4 heteroatoms. The summed E-state index contributed by atoms with van der Waals surface area (Å²) in [6.07, 6.45) is 0. The molecule has 1 aliphatic heterocycles. The normalized spacial score (nSPS) is 15.3. The largest absolute Gasteiger partial charge is 0.456 e. The minimum absolute atomic E-state index is 0.0178. The number of hydrogen-bond donors (Lipinski definition) is 0. The second-order valence-electron chi connectivity index (χ2n) is 7.22. The lowest BCUT2D eigenvalue weighted by Crippen LogP contribution is -2.35. The fourth-order valence-electron chi connectivity index (χ4n) is 3.80. The Morgan fingerprint density at radius 3 is 2.32 bits per heavy atom. The van der Waals surface area contributed by atoms with Gasteiger partial charge in [0.15, 0.2) is 0 Å². The molecule has 4 nitrogen and oxygen atoms in total. The molecule has 28 heavy (non-hydrogen) atoms. The van der Waals surface area contributed by atoms with Crippen molar-refractivity contribution >= 4 is 21.9 Å². The molecule has 0 radical (unpaired) electrons. The molecule has 5 rings (SSSR count). The van der Waals surface area contributed by atoms with Gasteiger partial charge in [-0.05, 0) is 41.0 Å². The maximum absolute atomic E-state index is 12.7. The molecule has 1 fully saturated rings. The molecule has 3 aromatic carbocycles. The van der Waals surface area contributed by atoms with Crippen molar-refractivity contribution in [2.45, 2.75) is 6.54 Å². The Kier molecular flexibility index (Phi) is 4.43. The van der Waals surface area contributed by atoms with Gasteiger partial charge < -0.3 is 9.15 Å². The standard InChI is InChI=1S/C24H21NO3/c26-24-20-3-1-2-4-22(20)28-23-15-19(9-10-21(23)24)18-7-5-17(6-8-18)16-25-11-13-27-14-12-25/h1-10,15H,11-14,16H2. The number of fused-ring (bicyclic) bond motifs is 2. The summed E-state index contributed by atoms with van der Waals surface area (Å²) in [6, 6.07) is 21.8. The summed E-state index contributed by atoms with van der Waals surface area (Å²) in [7, 11) is 0. The van der Waals surface area contributed by atoms with Crippen molar-refractivity contribution < 1.29 is 9.15 Å². The minimum atomic E-state index is 0.0178. The van der Waals surface area contributed by atoms with Crippen LogP contribution in [0.15, 0.2) is 75.9 Å². The molecule has 4 aromatic rings. The molecule has 0 saturated carbocycles. The summed E-state index contributed by atoms with van der Waals surface area (Å²) in [5.74, 6) is 0. The topological polar surface area (TPSA) is 42.7 Å². The van der Waals surface area contributed by atoms with Crippen molar-refractivity contribution in [1.82, 2.24) is 4.90 Å². The minimum Gasteiger partial charge on any atom is -0.456 e. The quantitative estimate of drug-likeness (QED) is 0.499. The first-order valence-electron chi connectivity index (χ1n) is 9.63. The highest BCUT2D eigenvalue weighted by molar-refractivity contribution is 5.91. The molecule has 0 unspecified atom stereocenters. The molecule has 0 spiro atoms. The van der Waals surface area contributed by atoms with Crippen LogP contribution in [-0.4, -0.2) is 31.2 Å². The third-order valence-electron chi connectivity index (χ3n) is 5.37. The predicted octanol–water partition coefficient (Wildman–Crippen LogP) is 4.45. The predicted molar refractivity (Wildman–Crippen MR) is 112 cm³/mol. The summed E-state index contributed by atoms with van der Waals surface area (Å²) >= 11 is 0. The first kappa shape index (κ1) is 17.2. The van der Waals surface area contributed by atoms with Crippen LogP contribution in [0.25, 0.3) is 33.1 Å². The van der Waals surface area contributed by atoms with Crippen LogP contribution in [0.2, 0.25) is 0 Å². The van der Waals surface area contributed by atoms with Crippen molar-refractivity contribution in [2.24, 2.45) is 0 Å². The summed E-state index contributed by atoms with van der Waals surface area (Å²) in [6.45, 7) is 4.55. The third-order valence-corrected chi connectivity index (χ3v) is 5.37. The summed E-state index contributed by atoms with van der Waals surface area (Å²) in [5.41, 5.74) is 4.72. The molecule has 2 heterocycles. The molecular weight excluding hydrogens is 350 g/mol. The fraction of sp³-hybridized carbons (Fsp3) is 0.208. The lowest BCUT2D eigenvalue weighted by molar-refractivity contribution is 0.0342. The van der Waals surface area contributed by atoms with Gasteiger partial charge in [-0.2, -0.15) is 0 Å². The van der Waals surface area contributed by atoms with Gasteiger partial charge in [-0.3, -0.25) is 9.69 Å². The summed E-state index contributed by atoms with van der Waals surface area (Å²) in [4.78, 5) is 15.1. The van der Waals surface area contributed by atoms with E-state index in [1.165, 1.54) is 5.56 Å². The number of hydrogen-bond acceptors (Lipinski definition) is 4. The van der Waals surface area contributed by atoms with Crippen molar-refractivity contribution in [3.8, 4) is 11.1 Å². The average Bonchev–Trinajstić information content (AvgIpc) is 2.75. The van der Waals surface area contributed by atoms with Gasteiger partial charge in [-0.25, -0.2) is 0 Å². The zero-order valence-electron chi connectivity index (χ0n) is 15.6.